The van der Waals surface area contributed by atoms with Gasteiger partial charge in [0.1, 0.15) is 11.6 Å². The van der Waals surface area contributed by atoms with E-state index in [1.807, 2.05) is 0 Å². The van der Waals surface area contributed by atoms with Crippen LogP contribution in [0.3, 0.4) is 0 Å². The maximum atomic E-state index is 12.7. The first kappa shape index (κ1) is 15.6. The highest BCUT2D eigenvalue weighted by molar-refractivity contribution is 5.74. The highest BCUT2D eigenvalue weighted by Gasteiger charge is 2.16. The van der Waals surface area contributed by atoms with Crippen LogP contribution in [0.2, 0.25) is 0 Å². The van der Waals surface area contributed by atoms with Crippen molar-refractivity contribution in [2.24, 2.45) is 0 Å². The molecule has 116 valence electrons. The second-order valence-corrected chi connectivity index (χ2v) is 5.39. The predicted molar refractivity (Wildman–Crippen MR) is 79.9 cm³/mol. The number of rotatable bonds is 7. The first-order valence-corrected chi connectivity index (χ1v) is 7.67. The third-order valence-corrected chi connectivity index (χ3v) is 3.63. The summed E-state index contributed by atoms with van der Waals surface area (Å²) in [4.78, 5) is 11.6. The van der Waals surface area contributed by atoms with E-state index in [0.29, 0.717) is 24.9 Å². The molecular formula is C16H23FN2O2. The van der Waals surface area contributed by atoms with Crippen LogP contribution in [-0.2, 0) is 0 Å². The normalized spacial score (nSPS) is 14.9. The molecule has 21 heavy (non-hydrogen) atoms. The van der Waals surface area contributed by atoms with Gasteiger partial charge in [0.05, 0.1) is 6.61 Å². The Morgan fingerprint density at radius 1 is 1.19 bits per heavy atom. The van der Waals surface area contributed by atoms with Crippen molar-refractivity contribution in [3.05, 3.63) is 30.1 Å². The number of carbonyl (C=O) groups is 1. The molecule has 0 bridgehead atoms. The Morgan fingerprint density at radius 2 is 1.90 bits per heavy atom. The van der Waals surface area contributed by atoms with Crippen LogP contribution in [-0.4, -0.2) is 25.2 Å². The zero-order valence-electron chi connectivity index (χ0n) is 12.2. The van der Waals surface area contributed by atoms with Crippen molar-refractivity contribution in [1.82, 2.24) is 10.6 Å². The van der Waals surface area contributed by atoms with Gasteiger partial charge in [0.25, 0.3) is 0 Å². The average Bonchev–Trinajstić information content (AvgIpc) is 2.97. The smallest absolute Gasteiger partial charge is 0.315 e. The van der Waals surface area contributed by atoms with Crippen molar-refractivity contribution >= 4 is 6.03 Å². The Bertz CT molecular complexity index is 430. The molecule has 0 aromatic heterocycles. The molecular weight excluding hydrogens is 271 g/mol. The summed E-state index contributed by atoms with van der Waals surface area (Å²) in [6, 6.07) is 6.27. The van der Waals surface area contributed by atoms with E-state index < -0.39 is 0 Å². The minimum atomic E-state index is -0.264. The highest BCUT2D eigenvalue weighted by atomic mass is 19.1. The molecule has 1 aliphatic rings. The molecule has 0 radical (unpaired) electrons. The lowest BCUT2D eigenvalue weighted by molar-refractivity contribution is 0.236. The van der Waals surface area contributed by atoms with Crippen molar-refractivity contribution in [2.45, 2.75) is 44.6 Å². The molecule has 1 aromatic carbocycles. The van der Waals surface area contributed by atoms with E-state index in [2.05, 4.69) is 10.6 Å². The highest BCUT2D eigenvalue weighted by Crippen LogP contribution is 2.17. The quantitative estimate of drug-likeness (QED) is 0.759. The minimum absolute atomic E-state index is 0.0682. The topological polar surface area (TPSA) is 50.4 Å². The molecule has 1 fully saturated rings. The second kappa shape index (κ2) is 8.49. The molecule has 0 atom stereocenters. The van der Waals surface area contributed by atoms with Crippen LogP contribution in [0.25, 0.3) is 0 Å². The molecule has 1 aromatic rings. The Morgan fingerprint density at radius 3 is 2.62 bits per heavy atom. The van der Waals surface area contributed by atoms with Gasteiger partial charge in [0, 0.05) is 12.6 Å². The SMILES string of the molecule is O=C(NCCCCOc1ccc(F)cc1)NC1CCCC1. The average molecular weight is 294 g/mol. The maximum Gasteiger partial charge on any atom is 0.315 e. The minimum Gasteiger partial charge on any atom is -0.494 e. The first-order valence-electron chi connectivity index (χ1n) is 7.67. The van der Waals surface area contributed by atoms with Crippen molar-refractivity contribution in [2.75, 3.05) is 13.2 Å². The number of ether oxygens (including phenoxy) is 1. The Hall–Kier alpha value is -1.78. The summed E-state index contributed by atoms with van der Waals surface area (Å²) in [5.74, 6) is 0.406. The van der Waals surface area contributed by atoms with Crippen molar-refractivity contribution in [1.29, 1.82) is 0 Å². The summed E-state index contributed by atoms with van der Waals surface area (Å²) in [5.41, 5.74) is 0. The fraction of sp³-hybridized carbons (Fsp3) is 0.562. The van der Waals surface area contributed by atoms with E-state index in [1.54, 1.807) is 12.1 Å². The Balaban J connectivity index is 1.47. The molecule has 2 rings (SSSR count). The second-order valence-electron chi connectivity index (χ2n) is 5.39. The fourth-order valence-corrected chi connectivity index (χ4v) is 2.46. The first-order chi connectivity index (χ1) is 10.2. The summed E-state index contributed by atoms with van der Waals surface area (Å²) in [6.07, 6.45) is 6.33. The van der Waals surface area contributed by atoms with Gasteiger partial charge in [0.15, 0.2) is 0 Å². The van der Waals surface area contributed by atoms with Gasteiger partial charge in [-0.25, -0.2) is 9.18 Å². The largest absolute Gasteiger partial charge is 0.494 e. The monoisotopic (exact) mass is 294 g/mol. The van der Waals surface area contributed by atoms with Gasteiger partial charge in [-0.1, -0.05) is 12.8 Å². The third kappa shape index (κ3) is 6.02. The Labute approximate surface area is 125 Å². The molecule has 1 aliphatic carbocycles. The molecule has 0 unspecified atom stereocenters. The standard InChI is InChI=1S/C16H23FN2O2/c17-13-7-9-15(10-8-13)21-12-4-3-11-18-16(20)19-14-5-1-2-6-14/h7-10,14H,1-6,11-12H2,(H2,18,19,20). The predicted octanol–water partition coefficient (Wildman–Crippen LogP) is 3.23. The van der Waals surface area contributed by atoms with Crippen molar-refractivity contribution in [3.8, 4) is 5.75 Å². The number of nitrogens with one attached hydrogen (secondary N) is 2. The summed E-state index contributed by atoms with van der Waals surface area (Å²) in [6.45, 7) is 1.21. The number of unbranched alkanes of at least 4 members (excludes halogenated alkanes) is 1. The molecule has 0 heterocycles. The summed E-state index contributed by atoms with van der Waals surface area (Å²) in [7, 11) is 0. The molecule has 2 amide bonds. The van der Waals surface area contributed by atoms with Crippen LogP contribution in [0.5, 0.6) is 5.75 Å². The van der Waals surface area contributed by atoms with E-state index in [4.69, 9.17) is 4.74 Å². The van der Waals surface area contributed by atoms with Gasteiger partial charge in [-0.05, 0) is 49.9 Å². The molecule has 0 saturated heterocycles. The van der Waals surface area contributed by atoms with E-state index in [1.165, 1.54) is 25.0 Å². The lowest BCUT2D eigenvalue weighted by Crippen LogP contribution is -2.41. The number of benzene rings is 1. The number of hydrogen-bond donors (Lipinski definition) is 2. The fourth-order valence-electron chi connectivity index (χ4n) is 2.46. The van der Waals surface area contributed by atoms with E-state index >= 15 is 0 Å². The number of carbonyl (C=O) groups excluding carboxylic acids is 1. The molecule has 0 aliphatic heterocycles. The molecule has 0 spiro atoms. The van der Waals surface area contributed by atoms with Gasteiger partial charge >= 0.3 is 6.03 Å². The van der Waals surface area contributed by atoms with Gasteiger partial charge in [-0.3, -0.25) is 0 Å². The molecule has 4 nitrogen and oxygen atoms in total. The molecule has 2 N–H and O–H groups in total. The summed E-state index contributed by atoms with van der Waals surface area (Å²) in [5, 5.41) is 5.84. The van der Waals surface area contributed by atoms with E-state index in [0.717, 1.165) is 25.7 Å². The van der Waals surface area contributed by atoms with Gasteiger partial charge < -0.3 is 15.4 Å². The van der Waals surface area contributed by atoms with Crippen LogP contribution in [0, 0.1) is 5.82 Å². The number of urea groups is 1. The molecule has 1 saturated carbocycles. The van der Waals surface area contributed by atoms with Crippen molar-refractivity contribution in [3.63, 3.8) is 0 Å². The number of halogens is 1. The lowest BCUT2D eigenvalue weighted by atomic mass is 10.2. The Kier molecular flexibility index (Phi) is 6.31. The zero-order chi connectivity index (χ0) is 14.9. The van der Waals surface area contributed by atoms with Gasteiger partial charge in [-0.15, -0.1) is 0 Å². The van der Waals surface area contributed by atoms with Gasteiger partial charge in [-0.2, -0.15) is 0 Å². The number of hydrogen-bond acceptors (Lipinski definition) is 2. The maximum absolute atomic E-state index is 12.7. The van der Waals surface area contributed by atoms with Crippen molar-refractivity contribution < 1.29 is 13.9 Å². The number of amides is 2. The summed E-state index contributed by atoms with van der Waals surface area (Å²) >= 11 is 0. The van der Waals surface area contributed by atoms with Crippen LogP contribution in [0.15, 0.2) is 24.3 Å². The molecule has 5 heteroatoms. The van der Waals surface area contributed by atoms with Crippen LogP contribution >= 0.6 is 0 Å². The van der Waals surface area contributed by atoms with E-state index in [9.17, 15) is 9.18 Å². The third-order valence-electron chi connectivity index (χ3n) is 3.63. The van der Waals surface area contributed by atoms with Gasteiger partial charge in [0.2, 0.25) is 0 Å². The van der Waals surface area contributed by atoms with Crippen LogP contribution < -0.4 is 15.4 Å². The van der Waals surface area contributed by atoms with Crippen LogP contribution in [0.1, 0.15) is 38.5 Å². The zero-order valence-corrected chi connectivity index (χ0v) is 12.2. The van der Waals surface area contributed by atoms with Crippen LogP contribution in [0.4, 0.5) is 9.18 Å². The lowest BCUT2D eigenvalue weighted by Gasteiger charge is -2.12. The summed E-state index contributed by atoms with van der Waals surface area (Å²) < 4.78 is 18.2. The van der Waals surface area contributed by atoms with E-state index in [-0.39, 0.29) is 11.8 Å².